The van der Waals surface area contributed by atoms with Crippen molar-refractivity contribution in [2.45, 2.75) is 26.3 Å². The molecule has 0 radical (unpaired) electrons. The Hall–Kier alpha value is -2.37. The standard InChI is InChI=1S/C21H21Cl2NO4/c1-13(2)20(24-19(26)10-14-6-4-3-5-7-14)21(27)28-12-18(25)15-8-9-16(22)17(23)11-15/h3-9,11,13,20H,10,12H2,1-2H3,(H,24,26)/t20-/m0/s1. The minimum atomic E-state index is -0.849. The highest BCUT2D eigenvalue weighted by Gasteiger charge is 2.26. The highest BCUT2D eigenvalue weighted by molar-refractivity contribution is 6.42. The van der Waals surface area contributed by atoms with E-state index in [0.717, 1.165) is 5.56 Å². The Labute approximate surface area is 174 Å². The molecule has 1 atom stereocenters. The van der Waals surface area contributed by atoms with Crippen LogP contribution in [0.15, 0.2) is 48.5 Å². The zero-order chi connectivity index (χ0) is 20.7. The first-order valence-corrected chi connectivity index (χ1v) is 9.51. The second-order valence-electron chi connectivity index (χ2n) is 6.61. The van der Waals surface area contributed by atoms with E-state index in [9.17, 15) is 14.4 Å². The SMILES string of the molecule is CC(C)[C@H](NC(=O)Cc1ccccc1)C(=O)OCC(=O)c1ccc(Cl)c(Cl)c1. The van der Waals surface area contributed by atoms with E-state index < -0.39 is 24.4 Å². The fourth-order valence-corrected chi connectivity index (χ4v) is 2.78. The summed E-state index contributed by atoms with van der Waals surface area (Å²) in [6.07, 6.45) is 0.152. The van der Waals surface area contributed by atoms with Gasteiger partial charge in [-0.25, -0.2) is 4.79 Å². The summed E-state index contributed by atoms with van der Waals surface area (Å²) >= 11 is 11.7. The number of carbonyl (C=O) groups is 3. The maximum atomic E-state index is 12.4. The van der Waals surface area contributed by atoms with Gasteiger partial charge in [0, 0.05) is 5.56 Å². The molecule has 148 valence electrons. The molecule has 0 bridgehead atoms. The number of hydrogen-bond donors (Lipinski definition) is 1. The van der Waals surface area contributed by atoms with Crippen LogP contribution in [0.25, 0.3) is 0 Å². The third-order valence-electron chi connectivity index (χ3n) is 4.03. The molecular weight excluding hydrogens is 401 g/mol. The number of esters is 1. The summed E-state index contributed by atoms with van der Waals surface area (Å²) < 4.78 is 5.12. The summed E-state index contributed by atoms with van der Waals surface area (Å²) in [7, 11) is 0. The van der Waals surface area contributed by atoms with Gasteiger partial charge in [-0.15, -0.1) is 0 Å². The molecule has 0 saturated heterocycles. The maximum absolute atomic E-state index is 12.4. The lowest BCUT2D eigenvalue weighted by atomic mass is 10.0. The molecule has 0 aromatic heterocycles. The summed E-state index contributed by atoms with van der Waals surface area (Å²) in [4.78, 5) is 36.8. The van der Waals surface area contributed by atoms with E-state index in [1.54, 1.807) is 13.8 Å². The Bertz CT molecular complexity index is 853. The number of amides is 1. The predicted octanol–water partition coefficient (Wildman–Crippen LogP) is 4.10. The maximum Gasteiger partial charge on any atom is 0.329 e. The van der Waals surface area contributed by atoms with E-state index >= 15 is 0 Å². The van der Waals surface area contributed by atoms with Crippen molar-refractivity contribution in [1.29, 1.82) is 0 Å². The lowest BCUT2D eigenvalue weighted by molar-refractivity contribution is -0.148. The normalized spacial score (nSPS) is 11.8. The molecule has 0 spiro atoms. The molecule has 1 amide bonds. The molecule has 0 aliphatic heterocycles. The van der Waals surface area contributed by atoms with Gasteiger partial charge in [-0.05, 0) is 29.7 Å². The van der Waals surface area contributed by atoms with Crippen LogP contribution in [0.1, 0.15) is 29.8 Å². The Kier molecular flexibility index (Phi) is 8.03. The third kappa shape index (κ3) is 6.36. The number of carbonyl (C=O) groups excluding carboxylic acids is 3. The number of ether oxygens (including phenoxy) is 1. The molecule has 7 heteroatoms. The van der Waals surface area contributed by atoms with Crippen LogP contribution in [0.4, 0.5) is 0 Å². The molecule has 5 nitrogen and oxygen atoms in total. The fraction of sp³-hybridized carbons (Fsp3) is 0.286. The molecular formula is C21H21Cl2NO4. The molecule has 0 heterocycles. The molecule has 28 heavy (non-hydrogen) atoms. The molecule has 0 aliphatic rings. The minimum absolute atomic E-state index is 0.152. The molecule has 0 saturated carbocycles. The topological polar surface area (TPSA) is 72.5 Å². The van der Waals surface area contributed by atoms with Crippen LogP contribution in [0.3, 0.4) is 0 Å². The molecule has 2 aromatic rings. The van der Waals surface area contributed by atoms with Gasteiger partial charge in [0.1, 0.15) is 6.04 Å². The van der Waals surface area contributed by atoms with Crippen LogP contribution in [0.5, 0.6) is 0 Å². The van der Waals surface area contributed by atoms with Crippen molar-refractivity contribution < 1.29 is 19.1 Å². The number of nitrogens with one attached hydrogen (secondary N) is 1. The lowest BCUT2D eigenvalue weighted by Gasteiger charge is -2.20. The zero-order valence-corrected chi connectivity index (χ0v) is 17.1. The largest absolute Gasteiger partial charge is 0.456 e. The first kappa shape index (κ1) is 21.9. The number of rotatable bonds is 8. The molecule has 2 rings (SSSR count). The average molecular weight is 422 g/mol. The van der Waals surface area contributed by atoms with Gasteiger partial charge in [0.2, 0.25) is 5.91 Å². The predicted molar refractivity (Wildman–Crippen MR) is 109 cm³/mol. The monoisotopic (exact) mass is 421 g/mol. The molecule has 2 aromatic carbocycles. The van der Waals surface area contributed by atoms with Crippen molar-refractivity contribution >= 4 is 40.9 Å². The van der Waals surface area contributed by atoms with Crippen molar-refractivity contribution in [2.75, 3.05) is 6.61 Å². The lowest BCUT2D eigenvalue weighted by Crippen LogP contribution is -2.46. The summed E-state index contributed by atoms with van der Waals surface area (Å²) in [5.74, 6) is -1.57. The van der Waals surface area contributed by atoms with Gasteiger partial charge in [0.05, 0.1) is 16.5 Å². The van der Waals surface area contributed by atoms with Crippen LogP contribution in [0.2, 0.25) is 10.0 Å². The van der Waals surface area contributed by atoms with Crippen LogP contribution < -0.4 is 5.32 Å². The number of Topliss-reactive ketones (excluding diaryl/α,β-unsaturated/α-hetero) is 1. The van der Waals surface area contributed by atoms with E-state index in [4.69, 9.17) is 27.9 Å². The van der Waals surface area contributed by atoms with Gasteiger partial charge in [0.15, 0.2) is 12.4 Å². The molecule has 0 aliphatic carbocycles. The summed E-state index contributed by atoms with van der Waals surface area (Å²) in [6.45, 7) is 3.12. The van der Waals surface area contributed by atoms with Crippen LogP contribution >= 0.6 is 23.2 Å². The summed E-state index contributed by atoms with van der Waals surface area (Å²) in [5, 5.41) is 3.25. The second kappa shape index (κ2) is 10.2. The Morgan fingerprint density at radius 1 is 1.00 bits per heavy atom. The highest BCUT2D eigenvalue weighted by Crippen LogP contribution is 2.22. The van der Waals surface area contributed by atoms with Crippen molar-refractivity contribution in [3.63, 3.8) is 0 Å². The Balaban J connectivity index is 1.93. The summed E-state index contributed by atoms with van der Waals surface area (Å²) in [6, 6.07) is 12.8. The summed E-state index contributed by atoms with van der Waals surface area (Å²) in [5.41, 5.74) is 1.13. The van der Waals surface area contributed by atoms with E-state index in [2.05, 4.69) is 5.32 Å². The fourth-order valence-electron chi connectivity index (χ4n) is 2.48. The average Bonchev–Trinajstić information content (AvgIpc) is 2.66. The van der Waals surface area contributed by atoms with Crippen molar-refractivity contribution in [3.8, 4) is 0 Å². The number of halogens is 2. The highest BCUT2D eigenvalue weighted by atomic mass is 35.5. The van der Waals surface area contributed by atoms with Crippen molar-refractivity contribution in [1.82, 2.24) is 5.32 Å². The van der Waals surface area contributed by atoms with Crippen LogP contribution in [0, 0.1) is 5.92 Å². The van der Waals surface area contributed by atoms with Gasteiger partial charge >= 0.3 is 5.97 Å². The third-order valence-corrected chi connectivity index (χ3v) is 4.77. The van der Waals surface area contributed by atoms with Gasteiger partial charge < -0.3 is 10.1 Å². The first-order valence-electron chi connectivity index (χ1n) is 8.76. The number of benzene rings is 2. The quantitative estimate of drug-likeness (QED) is 0.514. The van der Waals surface area contributed by atoms with E-state index in [-0.39, 0.29) is 28.8 Å². The van der Waals surface area contributed by atoms with Gasteiger partial charge in [-0.3, -0.25) is 9.59 Å². The Morgan fingerprint density at radius 2 is 1.68 bits per heavy atom. The molecule has 0 fully saturated rings. The van der Waals surface area contributed by atoms with Gasteiger partial charge in [-0.1, -0.05) is 67.4 Å². The van der Waals surface area contributed by atoms with Crippen molar-refractivity contribution in [3.05, 3.63) is 69.7 Å². The van der Waals surface area contributed by atoms with Gasteiger partial charge in [0.25, 0.3) is 0 Å². The van der Waals surface area contributed by atoms with Crippen LogP contribution in [-0.2, 0) is 20.7 Å². The zero-order valence-electron chi connectivity index (χ0n) is 15.6. The van der Waals surface area contributed by atoms with E-state index in [0.29, 0.717) is 5.02 Å². The van der Waals surface area contributed by atoms with E-state index in [1.165, 1.54) is 18.2 Å². The minimum Gasteiger partial charge on any atom is -0.456 e. The number of hydrogen-bond acceptors (Lipinski definition) is 4. The molecule has 0 unspecified atom stereocenters. The number of ketones is 1. The van der Waals surface area contributed by atoms with E-state index in [1.807, 2.05) is 30.3 Å². The Morgan fingerprint density at radius 3 is 2.29 bits per heavy atom. The molecule has 1 N–H and O–H groups in total. The smallest absolute Gasteiger partial charge is 0.329 e. The second-order valence-corrected chi connectivity index (χ2v) is 7.43. The van der Waals surface area contributed by atoms with Crippen LogP contribution in [-0.4, -0.2) is 30.3 Å². The first-order chi connectivity index (χ1) is 13.3. The van der Waals surface area contributed by atoms with Gasteiger partial charge in [-0.2, -0.15) is 0 Å². The van der Waals surface area contributed by atoms with Crippen molar-refractivity contribution in [2.24, 2.45) is 5.92 Å².